The molecule has 0 fully saturated rings. The highest BCUT2D eigenvalue weighted by Gasteiger charge is 2.10. The standard InChI is InChI=1S/C16H22N4O/c1-4-11-17-12-13-9-10-16(19-18-13)20(2)14-7-5-6-8-15(14)21-3/h5-10,17H,4,11-12H2,1-3H3. The first-order chi connectivity index (χ1) is 10.3. The van der Waals surface area contributed by atoms with Gasteiger partial charge in [0.2, 0.25) is 0 Å². The van der Waals surface area contributed by atoms with Crippen LogP contribution in [0.4, 0.5) is 11.5 Å². The molecule has 5 heteroatoms. The monoisotopic (exact) mass is 286 g/mol. The molecule has 0 aliphatic rings. The van der Waals surface area contributed by atoms with Gasteiger partial charge in [0.25, 0.3) is 0 Å². The first-order valence-corrected chi connectivity index (χ1v) is 7.16. The van der Waals surface area contributed by atoms with Gasteiger partial charge in [-0.2, -0.15) is 5.10 Å². The Balaban J connectivity index is 2.10. The quantitative estimate of drug-likeness (QED) is 0.793. The highest BCUT2D eigenvalue weighted by Crippen LogP contribution is 2.30. The van der Waals surface area contributed by atoms with Crippen LogP contribution < -0.4 is 15.0 Å². The number of para-hydroxylation sites is 2. The summed E-state index contributed by atoms with van der Waals surface area (Å²) in [6, 6.07) is 11.8. The zero-order valence-corrected chi connectivity index (χ0v) is 12.8. The molecule has 0 radical (unpaired) electrons. The predicted molar refractivity (Wildman–Crippen MR) is 85.1 cm³/mol. The van der Waals surface area contributed by atoms with Gasteiger partial charge in [-0.15, -0.1) is 5.10 Å². The average molecular weight is 286 g/mol. The van der Waals surface area contributed by atoms with Gasteiger partial charge < -0.3 is 15.0 Å². The van der Waals surface area contributed by atoms with Crippen LogP contribution in [0.1, 0.15) is 19.0 Å². The van der Waals surface area contributed by atoms with Crippen molar-refractivity contribution in [3.63, 3.8) is 0 Å². The molecule has 1 aromatic heterocycles. The minimum Gasteiger partial charge on any atom is -0.495 e. The van der Waals surface area contributed by atoms with Crippen LogP contribution in [0.25, 0.3) is 0 Å². The van der Waals surface area contributed by atoms with Crippen LogP contribution in [0.5, 0.6) is 5.75 Å². The SMILES string of the molecule is CCCNCc1ccc(N(C)c2ccccc2OC)nn1. The molecule has 0 spiro atoms. The molecule has 0 unspecified atom stereocenters. The van der Waals surface area contributed by atoms with Gasteiger partial charge in [-0.05, 0) is 37.2 Å². The summed E-state index contributed by atoms with van der Waals surface area (Å²) in [5.74, 6) is 1.61. The van der Waals surface area contributed by atoms with Crippen LogP contribution >= 0.6 is 0 Å². The van der Waals surface area contributed by atoms with E-state index in [0.717, 1.165) is 42.5 Å². The molecule has 0 atom stereocenters. The predicted octanol–water partition coefficient (Wildman–Crippen LogP) is 2.75. The van der Waals surface area contributed by atoms with Crippen molar-refractivity contribution in [1.82, 2.24) is 15.5 Å². The van der Waals surface area contributed by atoms with Gasteiger partial charge >= 0.3 is 0 Å². The number of aromatic nitrogens is 2. The second kappa shape index (κ2) is 7.59. The van der Waals surface area contributed by atoms with E-state index in [4.69, 9.17) is 4.74 Å². The van der Waals surface area contributed by atoms with Crippen molar-refractivity contribution < 1.29 is 4.74 Å². The summed E-state index contributed by atoms with van der Waals surface area (Å²) in [6.07, 6.45) is 1.11. The van der Waals surface area contributed by atoms with Crippen molar-refractivity contribution >= 4 is 11.5 Å². The number of nitrogens with zero attached hydrogens (tertiary/aromatic N) is 3. The van der Waals surface area contributed by atoms with E-state index >= 15 is 0 Å². The van der Waals surface area contributed by atoms with Crippen molar-refractivity contribution in [3.8, 4) is 5.75 Å². The summed E-state index contributed by atoms with van der Waals surface area (Å²) in [7, 11) is 3.62. The molecule has 0 saturated heterocycles. The van der Waals surface area contributed by atoms with Gasteiger partial charge in [-0.25, -0.2) is 0 Å². The zero-order chi connectivity index (χ0) is 15.1. The molecule has 21 heavy (non-hydrogen) atoms. The third-order valence-corrected chi connectivity index (χ3v) is 3.23. The van der Waals surface area contributed by atoms with E-state index in [1.807, 2.05) is 48.3 Å². The van der Waals surface area contributed by atoms with E-state index in [-0.39, 0.29) is 0 Å². The normalized spacial score (nSPS) is 10.4. The zero-order valence-electron chi connectivity index (χ0n) is 12.8. The molecular weight excluding hydrogens is 264 g/mol. The van der Waals surface area contributed by atoms with Gasteiger partial charge in [0.05, 0.1) is 18.5 Å². The Kier molecular flexibility index (Phi) is 5.51. The van der Waals surface area contributed by atoms with Crippen molar-refractivity contribution in [3.05, 3.63) is 42.1 Å². The van der Waals surface area contributed by atoms with E-state index in [0.29, 0.717) is 0 Å². The van der Waals surface area contributed by atoms with Crippen LogP contribution in [0.3, 0.4) is 0 Å². The second-order valence-corrected chi connectivity index (χ2v) is 4.79. The van der Waals surface area contributed by atoms with Gasteiger partial charge in [0, 0.05) is 13.6 Å². The summed E-state index contributed by atoms with van der Waals surface area (Å²) < 4.78 is 5.38. The van der Waals surface area contributed by atoms with Crippen LogP contribution in [0.15, 0.2) is 36.4 Å². The van der Waals surface area contributed by atoms with E-state index in [1.54, 1.807) is 7.11 Å². The molecule has 1 heterocycles. The molecule has 0 bridgehead atoms. The molecule has 2 rings (SSSR count). The third kappa shape index (κ3) is 3.92. The minimum atomic E-state index is 0.749. The number of benzene rings is 1. The maximum Gasteiger partial charge on any atom is 0.155 e. The third-order valence-electron chi connectivity index (χ3n) is 3.23. The Bertz CT molecular complexity index is 556. The highest BCUT2D eigenvalue weighted by atomic mass is 16.5. The number of methoxy groups -OCH3 is 1. The summed E-state index contributed by atoms with van der Waals surface area (Å²) in [5.41, 5.74) is 1.91. The van der Waals surface area contributed by atoms with Crippen LogP contribution in [0, 0.1) is 0 Å². The number of hydrogen-bond acceptors (Lipinski definition) is 5. The van der Waals surface area contributed by atoms with E-state index in [2.05, 4.69) is 22.4 Å². The molecule has 0 aliphatic carbocycles. The molecule has 112 valence electrons. The lowest BCUT2D eigenvalue weighted by molar-refractivity contribution is 0.415. The fourth-order valence-corrected chi connectivity index (χ4v) is 2.05. The number of ether oxygens (including phenoxy) is 1. The van der Waals surface area contributed by atoms with Crippen molar-refractivity contribution in [1.29, 1.82) is 0 Å². The second-order valence-electron chi connectivity index (χ2n) is 4.79. The molecule has 1 aromatic carbocycles. The molecular formula is C16H22N4O. The van der Waals surface area contributed by atoms with Gasteiger partial charge in [0.1, 0.15) is 5.75 Å². The molecule has 0 saturated carbocycles. The molecule has 0 amide bonds. The summed E-state index contributed by atoms with van der Waals surface area (Å²) in [6.45, 7) is 3.88. The molecule has 5 nitrogen and oxygen atoms in total. The Labute approximate surface area is 126 Å². The lowest BCUT2D eigenvalue weighted by atomic mass is 10.2. The summed E-state index contributed by atoms with van der Waals surface area (Å²) in [5, 5.41) is 11.9. The number of hydrogen-bond donors (Lipinski definition) is 1. The van der Waals surface area contributed by atoms with E-state index in [1.165, 1.54) is 0 Å². The molecule has 1 N–H and O–H groups in total. The Hall–Kier alpha value is -2.14. The topological polar surface area (TPSA) is 50.3 Å². The highest BCUT2D eigenvalue weighted by molar-refractivity contribution is 5.66. The average Bonchev–Trinajstić information content (AvgIpc) is 2.55. The van der Waals surface area contributed by atoms with Crippen LogP contribution in [-0.2, 0) is 6.54 Å². The maximum atomic E-state index is 5.38. The van der Waals surface area contributed by atoms with E-state index < -0.39 is 0 Å². The largest absolute Gasteiger partial charge is 0.495 e. The van der Waals surface area contributed by atoms with Gasteiger partial charge in [0.15, 0.2) is 5.82 Å². The smallest absolute Gasteiger partial charge is 0.155 e. The minimum absolute atomic E-state index is 0.749. The molecule has 0 aliphatic heterocycles. The summed E-state index contributed by atoms with van der Waals surface area (Å²) in [4.78, 5) is 1.97. The van der Waals surface area contributed by atoms with Gasteiger partial charge in [-0.3, -0.25) is 0 Å². The van der Waals surface area contributed by atoms with Crippen molar-refractivity contribution in [2.45, 2.75) is 19.9 Å². The van der Waals surface area contributed by atoms with Crippen LogP contribution in [-0.4, -0.2) is 30.9 Å². The maximum absolute atomic E-state index is 5.38. The number of rotatable bonds is 7. The summed E-state index contributed by atoms with van der Waals surface area (Å²) >= 11 is 0. The fourth-order valence-electron chi connectivity index (χ4n) is 2.05. The number of nitrogens with one attached hydrogen (secondary N) is 1. The first-order valence-electron chi connectivity index (χ1n) is 7.16. The lowest BCUT2D eigenvalue weighted by Gasteiger charge is -2.20. The van der Waals surface area contributed by atoms with E-state index in [9.17, 15) is 0 Å². The van der Waals surface area contributed by atoms with Crippen molar-refractivity contribution in [2.24, 2.45) is 0 Å². The fraction of sp³-hybridized carbons (Fsp3) is 0.375. The Morgan fingerprint density at radius 2 is 1.95 bits per heavy atom. The number of anilines is 2. The Morgan fingerprint density at radius 3 is 2.62 bits per heavy atom. The first kappa shape index (κ1) is 15.3. The van der Waals surface area contributed by atoms with Gasteiger partial charge in [-0.1, -0.05) is 19.1 Å². The Morgan fingerprint density at radius 1 is 1.14 bits per heavy atom. The molecule has 2 aromatic rings. The van der Waals surface area contributed by atoms with Crippen molar-refractivity contribution in [2.75, 3.05) is 25.6 Å². The van der Waals surface area contributed by atoms with Crippen LogP contribution in [0.2, 0.25) is 0 Å². The lowest BCUT2D eigenvalue weighted by Crippen LogP contribution is -2.17.